The first-order chi connectivity index (χ1) is 9.10. The molecule has 0 amide bonds. The van der Waals surface area contributed by atoms with Gasteiger partial charge in [0, 0.05) is 20.3 Å². The van der Waals surface area contributed by atoms with Crippen molar-refractivity contribution in [3.8, 4) is 0 Å². The van der Waals surface area contributed by atoms with Crippen molar-refractivity contribution in [1.82, 2.24) is 5.32 Å². The van der Waals surface area contributed by atoms with Gasteiger partial charge in [0.15, 0.2) is 0 Å². The first-order valence-electron chi connectivity index (χ1n) is 6.00. The molecule has 4 heteroatoms. The summed E-state index contributed by atoms with van der Waals surface area (Å²) in [7, 11) is 1.95. The van der Waals surface area contributed by atoms with Gasteiger partial charge in [0.25, 0.3) is 0 Å². The Morgan fingerprint density at radius 3 is 2.42 bits per heavy atom. The normalized spacial score (nSPS) is 12.4. The second-order valence-electron chi connectivity index (χ2n) is 4.26. The largest absolute Gasteiger partial charge is 0.313 e. The zero-order valence-corrected chi connectivity index (χ0v) is 13.9. The zero-order chi connectivity index (χ0) is 13.8. The number of halogens is 2. The van der Waals surface area contributed by atoms with Gasteiger partial charge in [0.1, 0.15) is 0 Å². The Morgan fingerprint density at radius 1 is 1.16 bits per heavy atom. The van der Waals surface area contributed by atoms with Crippen LogP contribution >= 0.6 is 39.3 Å². The van der Waals surface area contributed by atoms with E-state index in [2.05, 4.69) is 52.4 Å². The van der Waals surface area contributed by atoms with Gasteiger partial charge >= 0.3 is 0 Å². The minimum atomic E-state index is 0.309. The fourth-order valence-corrected chi connectivity index (χ4v) is 3.05. The van der Waals surface area contributed by atoms with Crippen molar-refractivity contribution < 1.29 is 0 Å². The van der Waals surface area contributed by atoms with Gasteiger partial charge in [-0.25, -0.2) is 0 Å². The third kappa shape index (κ3) is 3.99. The number of nitrogens with one attached hydrogen (secondary N) is 1. The third-order valence-electron chi connectivity index (χ3n) is 2.93. The minimum absolute atomic E-state index is 0.309. The predicted octanol–water partition coefficient (Wildman–Crippen LogP) is 5.53. The van der Waals surface area contributed by atoms with Gasteiger partial charge in [-0.2, -0.15) is 0 Å². The molecule has 100 valence electrons. The smallest absolute Gasteiger partial charge is 0.0548 e. The Hall–Kier alpha value is -0.480. The number of rotatable bonds is 4. The highest BCUT2D eigenvalue weighted by Crippen LogP contribution is 2.35. The summed E-state index contributed by atoms with van der Waals surface area (Å²) in [6, 6.07) is 14.8. The lowest BCUT2D eigenvalue weighted by Gasteiger charge is -2.12. The maximum Gasteiger partial charge on any atom is 0.0548 e. The highest BCUT2D eigenvalue weighted by molar-refractivity contribution is 9.10. The molecule has 1 atom stereocenters. The fraction of sp³-hybridized carbons (Fsp3) is 0.200. The van der Waals surface area contributed by atoms with Gasteiger partial charge in [-0.15, -0.1) is 0 Å². The second-order valence-corrected chi connectivity index (χ2v) is 6.69. The summed E-state index contributed by atoms with van der Waals surface area (Å²) in [6.07, 6.45) is 0. The van der Waals surface area contributed by atoms with Crippen LogP contribution in [-0.2, 0) is 0 Å². The summed E-state index contributed by atoms with van der Waals surface area (Å²) >= 11 is 11.5. The van der Waals surface area contributed by atoms with Gasteiger partial charge in [-0.3, -0.25) is 0 Å². The molecular formula is C15H15BrClNS. The van der Waals surface area contributed by atoms with Gasteiger partial charge < -0.3 is 5.32 Å². The van der Waals surface area contributed by atoms with Crippen LogP contribution in [0.1, 0.15) is 18.5 Å². The summed E-state index contributed by atoms with van der Waals surface area (Å²) in [4.78, 5) is 2.26. The Balaban J connectivity index is 2.19. The van der Waals surface area contributed by atoms with E-state index in [1.165, 1.54) is 10.5 Å². The summed E-state index contributed by atoms with van der Waals surface area (Å²) < 4.78 is 1.08. The van der Waals surface area contributed by atoms with Gasteiger partial charge in [0.2, 0.25) is 0 Å². The van der Waals surface area contributed by atoms with Crippen molar-refractivity contribution in [2.45, 2.75) is 22.8 Å². The number of benzene rings is 2. The number of hydrogen-bond donors (Lipinski definition) is 1. The fourth-order valence-electron chi connectivity index (χ4n) is 1.67. The van der Waals surface area contributed by atoms with E-state index < -0.39 is 0 Å². The van der Waals surface area contributed by atoms with Crippen molar-refractivity contribution in [3.63, 3.8) is 0 Å². The van der Waals surface area contributed by atoms with E-state index in [0.717, 1.165) is 14.4 Å². The molecule has 2 aromatic carbocycles. The molecule has 19 heavy (non-hydrogen) atoms. The topological polar surface area (TPSA) is 12.0 Å². The van der Waals surface area contributed by atoms with Gasteiger partial charge in [0.05, 0.1) is 5.02 Å². The van der Waals surface area contributed by atoms with E-state index in [4.69, 9.17) is 11.6 Å². The van der Waals surface area contributed by atoms with Crippen LogP contribution in [0, 0.1) is 0 Å². The van der Waals surface area contributed by atoms with Crippen LogP contribution in [0.25, 0.3) is 0 Å². The monoisotopic (exact) mass is 355 g/mol. The maximum atomic E-state index is 6.35. The van der Waals surface area contributed by atoms with Crippen molar-refractivity contribution >= 4 is 39.3 Å². The van der Waals surface area contributed by atoms with Crippen LogP contribution in [-0.4, -0.2) is 7.05 Å². The Morgan fingerprint density at radius 2 is 1.84 bits per heavy atom. The van der Waals surface area contributed by atoms with Crippen molar-refractivity contribution in [2.24, 2.45) is 0 Å². The molecule has 0 radical (unpaired) electrons. The molecule has 0 saturated heterocycles. The van der Waals surface area contributed by atoms with Crippen molar-refractivity contribution in [3.05, 3.63) is 57.5 Å². The number of hydrogen-bond acceptors (Lipinski definition) is 2. The van der Waals surface area contributed by atoms with E-state index in [-0.39, 0.29) is 0 Å². The van der Waals surface area contributed by atoms with Gasteiger partial charge in [-0.05, 0) is 55.9 Å². The summed E-state index contributed by atoms with van der Waals surface area (Å²) in [6.45, 7) is 2.12. The molecule has 1 unspecified atom stereocenters. The molecule has 0 bridgehead atoms. The van der Waals surface area contributed by atoms with Crippen LogP contribution in [0.5, 0.6) is 0 Å². The molecule has 1 N–H and O–H groups in total. The van der Waals surface area contributed by atoms with Crippen LogP contribution in [0.4, 0.5) is 0 Å². The lowest BCUT2D eigenvalue weighted by atomic mass is 10.1. The zero-order valence-electron chi connectivity index (χ0n) is 10.8. The SMILES string of the molecule is CNC(C)c1ccc(Sc2ccc(Br)cc2)c(Cl)c1. The summed E-state index contributed by atoms with van der Waals surface area (Å²) in [5.41, 5.74) is 1.20. The Labute approximate surface area is 131 Å². The molecule has 0 aromatic heterocycles. The van der Waals surface area contributed by atoms with E-state index in [1.54, 1.807) is 11.8 Å². The Kier molecular flexibility index (Phi) is 5.34. The van der Waals surface area contributed by atoms with Crippen LogP contribution in [0.3, 0.4) is 0 Å². The molecule has 0 heterocycles. The highest BCUT2D eigenvalue weighted by Gasteiger charge is 2.07. The second kappa shape index (κ2) is 6.80. The van der Waals surface area contributed by atoms with E-state index in [1.807, 2.05) is 25.2 Å². The van der Waals surface area contributed by atoms with Crippen molar-refractivity contribution in [1.29, 1.82) is 0 Å². The van der Waals surface area contributed by atoms with Crippen LogP contribution in [0.2, 0.25) is 5.02 Å². The lowest BCUT2D eigenvalue weighted by molar-refractivity contribution is 0.652. The summed E-state index contributed by atoms with van der Waals surface area (Å²) in [5.74, 6) is 0. The molecule has 0 fully saturated rings. The Bertz CT molecular complexity index is 557. The maximum absolute atomic E-state index is 6.35. The molecular weight excluding hydrogens is 342 g/mol. The molecule has 2 aromatic rings. The molecule has 0 aliphatic carbocycles. The third-order valence-corrected chi connectivity index (χ3v) is 4.97. The standard InChI is InChI=1S/C15H15BrClNS/c1-10(18-2)11-3-8-15(14(17)9-11)19-13-6-4-12(16)5-7-13/h3-10,18H,1-2H3. The molecule has 1 nitrogen and oxygen atoms in total. The van der Waals surface area contributed by atoms with E-state index in [0.29, 0.717) is 6.04 Å². The quantitative estimate of drug-likeness (QED) is 0.772. The van der Waals surface area contributed by atoms with Crippen LogP contribution < -0.4 is 5.32 Å². The molecule has 2 rings (SSSR count). The average molecular weight is 357 g/mol. The minimum Gasteiger partial charge on any atom is -0.313 e. The van der Waals surface area contributed by atoms with Gasteiger partial charge in [-0.1, -0.05) is 45.4 Å². The highest BCUT2D eigenvalue weighted by atomic mass is 79.9. The first-order valence-corrected chi connectivity index (χ1v) is 7.99. The summed E-state index contributed by atoms with van der Waals surface area (Å²) in [5, 5.41) is 4.01. The van der Waals surface area contributed by atoms with Crippen molar-refractivity contribution in [2.75, 3.05) is 7.05 Å². The van der Waals surface area contributed by atoms with E-state index >= 15 is 0 Å². The molecule has 0 saturated carbocycles. The average Bonchev–Trinajstić information content (AvgIpc) is 2.42. The molecule has 0 aliphatic heterocycles. The predicted molar refractivity (Wildman–Crippen MR) is 87.2 cm³/mol. The molecule has 0 aliphatic rings. The first kappa shape index (κ1) is 14.9. The van der Waals surface area contributed by atoms with E-state index in [9.17, 15) is 0 Å². The molecule has 0 spiro atoms. The lowest BCUT2D eigenvalue weighted by Crippen LogP contribution is -2.12. The van der Waals surface area contributed by atoms with Crippen LogP contribution in [0.15, 0.2) is 56.7 Å².